The fourth-order valence-electron chi connectivity index (χ4n) is 8.52. The van der Waals surface area contributed by atoms with Crippen LogP contribution in [0.4, 0.5) is 31.4 Å². The van der Waals surface area contributed by atoms with Crippen LogP contribution in [-0.2, 0) is 45.9 Å². The number of nitrogens with one attached hydrogen (secondary N) is 6. The molecular weight excluding hydrogens is 1030 g/mol. The highest BCUT2D eigenvalue weighted by molar-refractivity contribution is 7.13. The van der Waals surface area contributed by atoms with Crippen molar-refractivity contribution in [3.63, 3.8) is 0 Å². The number of rotatable bonds is 6. The Kier molecular flexibility index (Phi) is 14.8. The molecule has 6 aromatic heterocycles. The van der Waals surface area contributed by atoms with Crippen LogP contribution in [-0.4, -0.2) is 102 Å². The highest BCUT2D eigenvalue weighted by Crippen LogP contribution is 2.33. The van der Waals surface area contributed by atoms with Crippen LogP contribution in [0.2, 0.25) is 15.1 Å². The van der Waals surface area contributed by atoms with E-state index in [1.54, 1.807) is 68.2 Å². The summed E-state index contributed by atoms with van der Waals surface area (Å²) in [6.45, 7) is 3.43. The maximum atomic E-state index is 12.6. The summed E-state index contributed by atoms with van der Waals surface area (Å²) in [6, 6.07) is 24.8. The quantitative estimate of drug-likeness (QED) is 0.0930. The Morgan fingerprint density at radius 3 is 1.48 bits per heavy atom. The summed E-state index contributed by atoms with van der Waals surface area (Å²) >= 11 is 20.8. The van der Waals surface area contributed by atoms with Crippen LogP contribution in [0.1, 0.15) is 33.8 Å². The summed E-state index contributed by atoms with van der Waals surface area (Å²) in [4.78, 5) is 48.3. The van der Waals surface area contributed by atoms with E-state index in [9.17, 15) is 14.4 Å². The third kappa shape index (κ3) is 11.6. The van der Waals surface area contributed by atoms with Gasteiger partial charge in [0.15, 0.2) is 0 Å². The van der Waals surface area contributed by atoms with Gasteiger partial charge in [-0.2, -0.15) is 20.4 Å². The van der Waals surface area contributed by atoms with Crippen LogP contribution < -0.4 is 16.0 Å². The smallest absolute Gasteiger partial charge is 0.320 e. The third-order valence-corrected chi connectivity index (χ3v) is 14.4. The fraction of sp³-hybridized carbons (Fsp3) is 0.204. The van der Waals surface area contributed by atoms with E-state index in [2.05, 4.69) is 61.0 Å². The number of carbonyl (C=O) groups excluding carboxylic acids is 3. The summed E-state index contributed by atoms with van der Waals surface area (Å²) < 4.78 is 5.87. The first-order chi connectivity index (χ1) is 35.5. The van der Waals surface area contributed by atoms with Crippen molar-refractivity contribution >= 4 is 92.8 Å². The first kappa shape index (κ1) is 49.0. The van der Waals surface area contributed by atoms with Crippen molar-refractivity contribution in [3.8, 4) is 32.7 Å². The number of aryl methyl sites for hydroxylation is 1. The molecule has 372 valence electrons. The molecule has 19 nitrogen and oxygen atoms in total. The van der Waals surface area contributed by atoms with Gasteiger partial charge < -0.3 is 30.7 Å². The van der Waals surface area contributed by atoms with Gasteiger partial charge in [0.05, 0.1) is 24.5 Å². The molecular formula is C49H45Cl3N16O3S2. The van der Waals surface area contributed by atoms with Gasteiger partial charge in [0, 0.05) is 136 Å². The average molecular weight is 1080 g/mol. The average Bonchev–Trinajstić information content (AvgIpc) is 4.26. The Morgan fingerprint density at radius 1 is 0.589 bits per heavy atom. The van der Waals surface area contributed by atoms with E-state index in [1.165, 1.54) is 22.9 Å². The van der Waals surface area contributed by atoms with E-state index < -0.39 is 0 Å². The molecule has 0 fully saturated rings. The molecule has 0 saturated carbocycles. The number of hydrogen-bond acceptors (Lipinski definition) is 11. The number of halogens is 3. The number of hydrogen-bond donors (Lipinski definition) is 6. The van der Waals surface area contributed by atoms with Crippen molar-refractivity contribution in [3.05, 3.63) is 158 Å². The van der Waals surface area contributed by atoms with Gasteiger partial charge in [0.1, 0.15) is 27.8 Å². The van der Waals surface area contributed by atoms with Gasteiger partial charge in [0.25, 0.3) is 0 Å². The number of nitrogens with zero attached hydrogens (tertiary/aromatic N) is 10. The maximum absolute atomic E-state index is 12.6. The largest absolute Gasteiger partial charge is 0.322 e. The molecule has 0 aliphatic carbocycles. The van der Waals surface area contributed by atoms with Gasteiger partial charge in [-0.1, -0.05) is 53.0 Å². The Labute approximate surface area is 441 Å². The molecule has 12 rings (SSSR count). The van der Waals surface area contributed by atoms with Gasteiger partial charge in [-0.15, -0.1) is 11.3 Å². The zero-order valence-electron chi connectivity index (χ0n) is 38.9. The molecule has 3 aromatic carbocycles. The highest BCUT2D eigenvalue weighted by atomic mass is 35.5. The number of H-pyrrole nitrogens is 3. The molecule has 0 atom stereocenters. The summed E-state index contributed by atoms with van der Waals surface area (Å²) in [6.07, 6.45) is 7.63. The molecule has 0 radical (unpaired) electrons. The predicted molar refractivity (Wildman–Crippen MR) is 284 cm³/mol. The zero-order valence-corrected chi connectivity index (χ0v) is 42.8. The van der Waals surface area contributed by atoms with Gasteiger partial charge in [-0.3, -0.25) is 20.0 Å². The van der Waals surface area contributed by atoms with Gasteiger partial charge in [0.2, 0.25) is 0 Å². The molecule has 0 bridgehead atoms. The summed E-state index contributed by atoms with van der Waals surface area (Å²) in [5.74, 6) is 0. The predicted octanol–water partition coefficient (Wildman–Crippen LogP) is 10.6. The van der Waals surface area contributed by atoms with Gasteiger partial charge in [-0.25, -0.2) is 23.7 Å². The van der Waals surface area contributed by atoms with E-state index in [4.69, 9.17) is 34.8 Å². The maximum Gasteiger partial charge on any atom is 0.322 e. The first-order valence-corrected chi connectivity index (χ1v) is 25.7. The number of carbonyl (C=O) groups is 3. The number of thiazole rings is 1. The lowest BCUT2D eigenvalue weighted by atomic mass is 10.0. The minimum absolute atomic E-state index is 0.139. The number of anilines is 3. The first-order valence-electron chi connectivity index (χ1n) is 22.9. The molecule has 6 amide bonds. The molecule has 9 heterocycles. The number of amides is 6. The minimum Gasteiger partial charge on any atom is -0.320 e. The van der Waals surface area contributed by atoms with Crippen LogP contribution >= 0.6 is 57.7 Å². The minimum atomic E-state index is -0.152. The van der Waals surface area contributed by atoms with Crippen LogP contribution in [0.3, 0.4) is 0 Å². The number of urea groups is 3. The lowest BCUT2D eigenvalue weighted by molar-refractivity contribution is 0.205. The van der Waals surface area contributed by atoms with Crippen LogP contribution in [0.15, 0.2) is 109 Å². The van der Waals surface area contributed by atoms with Crippen molar-refractivity contribution in [1.29, 1.82) is 0 Å². The van der Waals surface area contributed by atoms with Crippen molar-refractivity contribution in [1.82, 2.24) is 64.4 Å². The fourth-order valence-corrected chi connectivity index (χ4v) is 10.4. The van der Waals surface area contributed by atoms with Crippen molar-refractivity contribution in [2.45, 2.75) is 38.9 Å². The Morgan fingerprint density at radius 2 is 1.05 bits per heavy atom. The lowest BCUT2D eigenvalue weighted by Gasteiger charge is -2.27. The molecule has 3 aliphatic heterocycles. The number of benzene rings is 3. The third-order valence-electron chi connectivity index (χ3n) is 12.2. The topological polar surface area (TPSA) is 227 Å². The van der Waals surface area contributed by atoms with E-state index in [0.717, 1.165) is 85.7 Å². The van der Waals surface area contributed by atoms with Crippen molar-refractivity contribution in [2.24, 2.45) is 7.05 Å². The SMILES string of the molecule is Cn1ccc(-c2n[nH]c3c2CN(C(=O)Nc2cccc(Cl)c2)CC3)n1.O=C(Nc1cccc(Cl)c1)N1CCc2[nH]nc(-c3ccns3)c2C1.O=C(Nc1cccc(Cl)c1)N1CCc2[nH]nc(-c3nccs3)c2C1. The van der Waals surface area contributed by atoms with E-state index in [0.29, 0.717) is 71.4 Å². The Bertz CT molecular complexity index is 3240. The second kappa shape index (κ2) is 22.1. The standard InChI is InChI=1S/C17H17ClN6O.2C16H14ClN5OS/c1-23-7-5-15(22-23)16-13-10-24(8-6-14(13)20-21-16)17(25)19-12-4-2-3-11(18)9-12;17-10-2-1-3-11(8-10)19-16(23)22-7-5-13-12(9-22)15(21-20-13)14-4-6-18-24-14;17-10-2-1-3-11(8-10)19-16(23)22-6-4-13-12(9-22)14(21-20-13)15-18-5-7-24-15/h2-5,7,9H,6,8,10H2,1H3,(H,19,25)(H,20,21);1-4,6,8H,5,7,9H2,(H,19,23)(H,20,21);1-3,5,7-8H,4,6,9H2,(H,19,23)(H,20,21). The molecule has 0 spiro atoms. The van der Waals surface area contributed by atoms with E-state index in [1.807, 2.05) is 67.2 Å². The monoisotopic (exact) mass is 1070 g/mol. The normalized spacial score (nSPS) is 13.6. The molecule has 24 heteroatoms. The Hall–Kier alpha value is -7.56. The van der Waals surface area contributed by atoms with Crippen LogP contribution in [0.5, 0.6) is 0 Å². The molecule has 6 N–H and O–H groups in total. The molecule has 0 saturated heterocycles. The van der Waals surface area contributed by atoms with Crippen molar-refractivity contribution < 1.29 is 14.4 Å². The number of fused-ring (bicyclic) bond motifs is 3. The van der Waals surface area contributed by atoms with Gasteiger partial charge in [-0.05, 0) is 78.3 Å². The van der Waals surface area contributed by atoms with Crippen molar-refractivity contribution in [2.75, 3.05) is 35.6 Å². The molecule has 0 unspecified atom stereocenters. The summed E-state index contributed by atoms with van der Waals surface area (Å²) in [5, 5.41) is 40.0. The molecule has 9 aromatic rings. The highest BCUT2D eigenvalue weighted by Gasteiger charge is 2.29. The summed E-state index contributed by atoms with van der Waals surface area (Å²) in [5.41, 5.74) is 11.7. The van der Waals surface area contributed by atoms with E-state index >= 15 is 0 Å². The molecule has 3 aliphatic rings. The second-order valence-electron chi connectivity index (χ2n) is 17.0. The second-order valence-corrected chi connectivity index (χ2v) is 20.0. The van der Waals surface area contributed by atoms with Crippen LogP contribution in [0, 0.1) is 0 Å². The summed E-state index contributed by atoms with van der Waals surface area (Å²) in [7, 11) is 1.87. The van der Waals surface area contributed by atoms with E-state index in [-0.39, 0.29) is 18.1 Å². The zero-order chi connectivity index (χ0) is 50.4. The lowest BCUT2D eigenvalue weighted by Crippen LogP contribution is -2.38. The Balaban J connectivity index is 0.000000126. The van der Waals surface area contributed by atoms with Crippen LogP contribution in [0.25, 0.3) is 32.7 Å². The van der Waals surface area contributed by atoms with Gasteiger partial charge >= 0.3 is 18.1 Å². The number of aromatic amines is 3. The number of aromatic nitrogens is 10. The molecule has 73 heavy (non-hydrogen) atoms.